The van der Waals surface area contributed by atoms with Crippen molar-refractivity contribution in [3.63, 3.8) is 0 Å². The monoisotopic (exact) mass is 348 g/mol. The van der Waals surface area contributed by atoms with Crippen LogP contribution in [0, 0.1) is 0 Å². The minimum atomic E-state index is -0.310. The van der Waals surface area contributed by atoms with Crippen LogP contribution in [0.4, 0.5) is 5.69 Å². The Morgan fingerprint density at radius 3 is 3.00 bits per heavy atom. The predicted octanol–water partition coefficient (Wildman–Crippen LogP) is 2.87. The molecule has 1 fully saturated rings. The van der Waals surface area contributed by atoms with E-state index in [0.29, 0.717) is 17.4 Å². The summed E-state index contributed by atoms with van der Waals surface area (Å²) in [5, 5.41) is 5.82. The lowest BCUT2D eigenvalue weighted by molar-refractivity contribution is 0.0527. The van der Waals surface area contributed by atoms with E-state index in [2.05, 4.69) is 21.2 Å². The van der Waals surface area contributed by atoms with Crippen LogP contribution in [0.1, 0.15) is 36.5 Å². The average Bonchev–Trinajstić information content (AvgIpc) is 2.82. The number of nitrogens with zero attached hydrogens (tertiary/aromatic N) is 4. The van der Waals surface area contributed by atoms with E-state index >= 15 is 0 Å². The van der Waals surface area contributed by atoms with Crippen LogP contribution in [0.2, 0.25) is 0 Å². The third kappa shape index (κ3) is 3.22. The number of aryl methyl sites for hydroxylation is 1. The van der Waals surface area contributed by atoms with Gasteiger partial charge in [0.1, 0.15) is 5.56 Å². The van der Waals surface area contributed by atoms with Crippen molar-refractivity contribution in [1.82, 2.24) is 14.8 Å². The van der Waals surface area contributed by atoms with Crippen molar-refractivity contribution in [2.45, 2.75) is 31.4 Å². The molecule has 0 saturated carbocycles. The van der Waals surface area contributed by atoms with E-state index in [-0.39, 0.29) is 5.97 Å². The number of esters is 1. The van der Waals surface area contributed by atoms with Gasteiger partial charge in [-0.3, -0.25) is 4.68 Å². The molecule has 2 aromatic rings. The minimum Gasteiger partial charge on any atom is -0.462 e. The third-order valence-corrected chi connectivity index (χ3v) is 5.56. The summed E-state index contributed by atoms with van der Waals surface area (Å²) in [6.45, 7) is 4.05. The first-order chi connectivity index (χ1) is 11.7. The Bertz CT molecular complexity index is 731. The summed E-state index contributed by atoms with van der Waals surface area (Å²) in [5.74, 6) is -0.310. The van der Waals surface area contributed by atoms with Crippen LogP contribution < -0.4 is 4.90 Å². The molecular formula is C17H24N4O2S. The zero-order valence-electron chi connectivity index (χ0n) is 14.5. The molecular weight excluding hydrogens is 324 g/mol. The van der Waals surface area contributed by atoms with E-state index in [4.69, 9.17) is 4.74 Å². The topological polar surface area (TPSA) is 60.2 Å². The van der Waals surface area contributed by atoms with Gasteiger partial charge in [-0.2, -0.15) is 16.9 Å². The van der Waals surface area contributed by atoms with Gasteiger partial charge in [-0.05, 0) is 26.0 Å². The van der Waals surface area contributed by atoms with Gasteiger partial charge >= 0.3 is 5.97 Å². The van der Waals surface area contributed by atoms with Crippen molar-refractivity contribution in [3.05, 3.63) is 18.0 Å². The number of ether oxygens (including phenoxy) is 1. The molecule has 0 aliphatic carbocycles. The van der Waals surface area contributed by atoms with Crippen LogP contribution in [-0.2, 0) is 11.8 Å². The Hall–Kier alpha value is -1.76. The maximum absolute atomic E-state index is 12.5. The van der Waals surface area contributed by atoms with E-state index < -0.39 is 0 Å². The molecule has 0 radical (unpaired) electrons. The number of pyridine rings is 1. The standard InChI is InChI=1S/C17H24N4O2S/c1-4-23-17(22)14-9-18-16-13(10-19-20(16)2)15(14)21-8-6-5-7-12(11-21)24-3/h9-10,12H,4-8,11H2,1-3H3/t12-/m1/s1. The molecule has 130 valence electrons. The number of carbonyl (C=O) groups excluding carboxylic acids is 1. The molecule has 1 aliphatic heterocycles. The van der Waals surface area contributed by atoms with Gasteiger partial charge in [0, 0.05) is 31.6 Å². The van der Waals surface area contributed by atoms with Crippen molar-refractivity contribution in [1.29, 1.82) is 0 Å². The molecule has 2 aromatic heterocycles. The third-order valence-electron chi connectivity index (χ3n) is 4.51. The molecule has 3 heterocycles. The van der Waals surface area contributed by atoms with Crippen molar-refractivity contribution >= 4 is 34.5 Å². The summed E-state index contributed by atoms with van der Waals surface area (Å²) >= 11 is 1.90. The molecule has 0 unspecified atom stereocenters. The summed E-state index contributed by atoms with van der Waals surface area (Å²) < 4.78 is 7.01. The fourth-order valence-electron chi connectivity index (χ4n) is 3.28. The fraction of sp³-hybridized carbons (Fsp3) is 0.588. The van der Waals surface area contributed by atoms with Crippen LogP contribution in [0.5, 0.6) is 0 Å². The Morgan fingerprint density at radius 2 is 2.25 bits per heavy atom. The maximum atomic E-state index is 12.5. The quantitative estimate of drug-likeness (QED) is 0.792. The Balaban J connectivity index is 2.11. The molecule has 7 heteroatoms. The first kappa shape index (κ1) is 17.1. The molecule has 0 bridgehead atoms. The summed E-state index contributed by atoms with van der Waals surface area (Å²) in [7, 11) is 1.87. The molecule has 3 rings (SSSR count). The number of anilines is 1. The van der Waals surface area contributed by atoms with Crippen molar-refractivity contribution in [2.24, 2.45) is 7.05 Å². The van der Waals surface area contributed by atoms with Crippen LogP contribution in [-0.4, -0.2) is 51.9 Å². The second kappa shape index (κ2) is 7.42. The number of aromatic nitrogens is 3. The summed E-state index contributed by atoms with van der Waals surface area (Å²) in [5.41, 5.74) is 2.26. The molecule has 24 heavy (non-hydrogen) atoms. The number of hydrogen-bond donors (Lipinski definition) is 0. The number of carbonyl (C=O) groups is 1. The number of hydrogen-bond acceptors (Lipinski definition) is 6. The van der Waals surface area contributed by atoms with Crippen LogP contribution in [0.15, 0.2) is 12.4 Å². The van der Waals surface area contributed by atoms with Crippen molar-refractivity contribution in [3.8, 4) is 0 Å². The SMILES string of the molecule is CCOC(=O)c1cnc2c(cnn2C)c1N1CCCC[C@@H](SC)C1. The molecule has 1 saturated heterocycles. The summed E-state index contributed by atoms with van der Waals surface area (Å²) in [6.07, 6.45) is 9.16. The van der Waals surface area contributed by atoms with Gasteiger partial charge in [0.15, 0.2) is 5.65 Å². The smallest absolute Gasteiger partial charge is 0.341 e. The molecule has 1 atom stereocenters. The van der Waals surface area contributed by atoms with Gasteiger partial charge in [-0.1, -0.05) is 6.42 Å². The second-order valence-corrected chi connectivity index (χ2v) is 7.18. The van der Waals surface area contributed by atoms with Gasteiger partial charge in [0.05, 0.1) is 23.9 Å². The van der Waals surface area contributed by atoms with E-state index in [9.17, 15) is 4.79 Å². The largest absolute Gasteiger partial charge is 0.462 e. The zero-order valence-corrected chi connectivity index (χ0v) is 15.3. The number of rotatable bonds is 4. The molecule has 0 aromatic carbocycles. The normalized spacial score (nSPS) is 18.6. The highest BCUT2D eigenvalue weighted by Crippen LogP contribution is 2.33. The first-order valence-electron chi connectivity index (χ1n) is 8.41. The van der Waals surface area contributed by atoms with Crippen molar-refractivity contribution < 1.29 is 9.53 Å². The molecule has 6 nitrogen and oxygen atoms in total. The van der Waals surface area contributed by atoms with E-state index in [1.165, 1.54) is 12.8 Å². The number of fused-ring (bicyclic) bond motifs is 1. The average molecular weight is 348 g/mol. The van der Waals surface area contributed by atoms with Gasteiger partial charge in [0.2, 0.25) is 0 Å². The number of thioether (sulfide) groups is 1. The van der Waals surface area contributed by atoms with E-state index in [0.717, 1.165) is 36.2 Å². The van der Waals surface area contributed by atoms with Gasteiger partial charge in [0.25, 0.3) is 0 Å². The minimum absolute atomic E-state index is 0.310. The van der Waals surface area contributed by atoms with Crippen LogP contribution in [0.25, 0.3) is 11.0 Å². The van der Waals surface area contributed by atoms with Gasteiger partial charge in [-0.25, -0.2) is 9.78 Å². The van der Waals surface area contributed by atoms with Crippen LogP contribution in [0.3, 0.4) is 0 Å². The zero-order chi connectivity index (χ0) is 17.1. The highest BCUT2D eigenvalue weighted by Gasteiger charge is 2.26. The predicted molar refractivity (Wildman–Crippen MR) is 97.8 cm³/mol. The van der Waals surface area contributed by atoms with E-state index in [1.54, 1.807) is 17.1 Å². The maximum Gasteiger partial charge on any atom is 0.341 e. The highest BCUT2D eigenvalue weighted by atomic mass is 32.2. The summed E-state index contributed by atoms with van der Waals surface area (Å²) in [6, 6.07) is 0. The van der Waals surface area contributed by atoms with E-state index in [1.807, 2.05) is 25.7 Å². The fourth-order valence-corrected chi connectivity index (χ4v) is 4.01. The summed E-state index contributed by atoms with van der Waals surface area (Å²) in [4.78, 5) is 19.2. The lowest BCUT2D eigenvalue weighted by Crippen LogP contribution is -2.31. The Morgan fingerprint density at radius 1 is 1.42 bits per heavy atom. The first-order valence-corrected chi connectivity index (χ1v) is 9.70. The van der Waals surface area contributed by atoms with Gasteiger partial charge < -0.3 is 9.64 Å². The lowest BCUT2D eigenvalue weighted by Gasteiger charge is -2.27. The Labute approximate surface area is 146 Å². The Kier molecular flexibility index (Phi) is 5.28. The molecule has 0 N–H and O–H groups in total. The lowest BCUT2D eigenvalue weighted by atomic mass is 10.1. The molecule has 0 amide bonds. The molecule has 1 aliphatic rings. The van der Waals surface area contributed by atoms with Gasteiger partial charge in [-0.15, -0.1) is 0 Å². The molecule has 0 spiro atoms. The van der Waals surface area contributed by atoms with Crippen LogP contribution >= 0.6 is 11.8 Å². The highest BCUT2D eigenvalue weighted by molar-refractivity contribution is 7.99. The van der Waals surface area contributed by atoms with Crippen molar-refractivity contribution in [2.75, 3.05) is 30.9 Å². The second-order valence-electron chi connectivity index (χ2n) is 6.05.